The summed E-state index contributed by atoms with van der Waals surface area (Å²) >= 11 is 0. The Morgan fingerprint density at radius 1 is 0.391 bits per heavy atom. The van der Waals surface area contributed by atoms with Crippen LogP contribution in [0.2, 0.25) is 0 Å². The lowest BCUT2D eigenvalue weighted by molar-refractivity contribution is 0.489. The Morgan fingerprint density at radius 3 is 1.87 bits per heavy atom. The van der Waals surface area contributed by atoms with E-state index in [4.69, 9.17) is 4.74 Å². The summed E-state index contributed by atoms with van der Waals surface area (Å²) in [4.78, 5) is 0. The predicted molar refractivity (Wildman–Crippen MR) is 189 cm³/mol. The minimum Gasteiger partial charge on any atom is -0.455 e. The molecule has 0 bridgehead atoms. The molecule has 1 heterocycles. The van der Waals surface area contributed by atoms with Gasteiger partial charge in [0.25, 0.3) is 0 Å². The minimum absolute atomic E-state index is 0.429. The number of para-hydroxylation sites is 1. The van der Waals surface area contributed by atoms with Crippen LogP contribution in [0.15, 0.2) is 158 Å². The second-order valence-corrected chi connectivity index (χ2v) is 12.8. The Kier molecular flexibility index (Phi) is 4.57. The number of rotatable bonds is 1. The lowest BCUT2D eigenvalue weighted by atomic mass is 9.69. The van der Waals surface area contributed by atoms with Crippen LogP contribution in [0, 0.1) is 0 Å². The van der Waals surface area contributed by atoms with E-state index >= 15 is 0 Å². The third-order valence-corrected chi connectivity index (χ3v) is 10.7. The van der Waals surface area contributed by atoms with Crippen molar-refractivity contribution < 1.29 is 4.74 Å². The fourth-order valence-corrected chi connectivity index (χ4v) is 8.88. The van der Waals surface area contributed by atoms with Crippen LogP contribution in [-0.2, 0) is 5.41 Å². The molecule has 0 fully saturated rings. The molecule has 1 nitrogen and oxygen atoms in total. The van der Waals surface area contributed by atoms with Gasteiger partial charge in [-0.25, -0.2) is 0 Å². The molecule has 1 unspecified atom stereocenters. The Morgan fingerprint density at radius 2 is 1.00 bits per heavy atom. The van der Waals surface area contributed by atoms with Crippen LogP contribution in [0.4, 0.5) is 0 Å². The third-order valence-electron chi connectivity index (χ3n) is 10.7. The highest BCUT2D eigenvalue weighted by Gasteiger charge is 2.52. The highest BCUT2D eigenvalue weighted by Crippen LogP contribution is 2.64. The maximum absolute atomic E-state index is 6.80. The molecular formula is C45H26O. The summed E-state index contributed by atoms with van der Waals surface area (Å²) in [7, 11) is 0. The van der Waals surface area contributed by atoms with Crippen LogP contribution in [-0.4, -0.2) is 0 Å². The molecule has 8 aromatic carbocycles. The van der Waals surface area contributed by atoms with Gasteiger partial charge >= 0.3 is 0 Å². The Hall–Kier alpha value is -5.92. The van der Waals surface area contributed by atoms with Crippen molar-refractivity contribution in [3.63, 3.8) is 0 Å². The van der Waals surface area contributed by atoms with Crippen molar-refractivity contribution >= 4 is 21.5 Å². The molecule has 46 heavy (non-hydrogen) atoms. The van der Waals surface area contributed by atoms with Crippen molar-refractivity contribution in [2.24, 2.45) is 0 Å². The van der Waals surface area contributed by atoms with Gasteiger partial charge in [-0.1, -0.05) is 140 Å². The topological polar surface area (TPSA) is 9.23 Å². The number of ether oxygens (including phenoxy) is 1. The lowest BCUT2D eigenvalue weighted by Gasteiger charge is -2.32. The fraction of sp³-hybridized carbons (Fsp3) is 0.0222. The molecule has 1 aliphatic heterocycles. The van der Waals surface area contributed by atoms with Gasteiger partial charge in [-0.15, -0.1) is 0 Å². The predicted octanol–water partition coefficient (Wildman–Crippen LogP) is 11.8. The first kappa shape index (κ1) is 24.4. The molecule has 1 heteroatoms. The Labute approximate surface area is 267 Å². The zero-order valence-electron chi connectivity index (χ0n) is 24.9. The molecule has 0 amide bonds. The molecule has 0 saturated carbocycles. The normalized spacial score (nSPS) is 16.1. The SMILES string of the molecule is c1ccc2c(c1)Oc1c(-c3ccc4c(c3)C3(c5ccccc5-4)c4ccccc4-c4ccc5ccccc5c43)ccc3cccc-2c13. The number of hydrogen-bond acceptors (Lipinski definition) is 1. The van der Waals surface area contributed by atoms with Crippen LogP contribution in [0.5, 0.6) is 11.5 Å². The first-order valence-electron chi connectivity index (χ1n) is 16.0. The van der Waals surface area contributed by atoms with Crippen LogP contribution in [0.3, 0.4) is 0 Å². The van der Waals surface area contributed by atoms with Gasteiger partial charge in [-0.3, -0.25) is 0 Å². The van der Waals surface area contributed by atoms with E-state index in [1.165, 1.54) is 77.2 Å². The molecule has 0 saturated heterocycles. The summed E-state index contributed by atoms with van der Waals surface area (Å²) in [6.45, 7) is 0. The molecule has 3 aliphatic rings. The van der Waals surface area contributed by atoms with Crippen LogP contribution >= 0.6 is 0 Å². The quantitative estimate of drug-likeness (QED) is 0.187. The van der Waals surface area contributed by atoms with Crippen LogP contribution in [0.1, 0.15) is 22.3 Å². The van der Waals surface area contributed by atoms with E-state index in [1.807, 2.05) is 0 Å². The maximum Gasteiger partial charge on any atom is 0.143 e. The van der Waals surface area contributed by atoms with Crippen molar-refractivity contribution in [2.75, 3.05) is 0 Å². The van der Waals surface area contributed by atoms with E-state index in [9.17, 15) is 0 Å². The minimum atomic E-state index is -0.429. The summed E-state index contributed by atoms with van der Waals surface area (Å²) < 4.78 is 6.80. The highest BCUT2D eigenvalue weighted by atomic mass is 16.5. The summed E-state index contributed by atoms with van der Waals surface area (Å²) in [6, 6.07) is 58.2. The molecule has 0 aromatic heterocycles. The van der Waals surface area contributed by atoms with Crippen molar-refractivity contribution in [2.45, 2.75) is 5.41 Å². The molecule has 11 rings (SSSR count). The second-order valence-electron chi connectivity index (χ2n) is 12.8. The summed E-state index contributed by atoms with van der Waals surface area (Å²) in [6.07, 6.45) is 0. The first-order valence-corrected chi connectivity index (χ1v) is 16.0. The zero-order chi connectivity index (χ0) is 30.0. The zero-order valence-corrected chi connectivity index (χ0v) is 24.9. The monoisotopic (exact) mass is 582 g/mol. The molecule has 212 valence electrons. The molecule has 1 spiro atoms. The van der Waals surface area contributed by atoms with E-state index < -0.39 is 5.41 Å². The summed E-state index contributed by atoms with van der Waals surface area (Å²) in [5.41, 5.74) is 14.9. The van der Waals surface area contributed by atoms with Gasteiger partial charge < -0.3 is 4.74 Å². The molecule has 2 aliphatic carbocycles. The van der Waals surface area contributed by atoms with E-state index in [0.29, 0.717) is 0 Å². The first-order chi connectivity index (χ1) is 22.8. The summed E-state index contributed by atoms with van der Waals surface area (Å²) in [5.74, 6) is 1.85. The van der Waals surface area contributed by atoms with Gasteiger partial charge in [0.1, 0.15) is 11.5 Å². The van der Waals surface area contributed by atoms with Gasteiger partial charge in [0.15, 0.2) is 0 Å². The third kappa shape index (κ3) is 2.87. The molecular weight excluding hydrogens is 556 g/mol. The van der Waals surface area contributed by atoms with E-state index in [-0.39, 0.29) is 0 Å². The van der Waals surface area contributed by atoms with Crippen molar-refractivity contribution in [1.82, 2.24) is 0 Å². The van der Waals surface area contributed by atoms with Crippen LogP contribution in [0.25, 0.3) is 66.1 Å². The Bertz CT molecular complexity index is 2610. The number of benzene rings is 8. The number of fused-ring (bicyclic) bond motifs is 14. The molecule has 8 aromatic rings. The molecule has 0 N–H and O–H groups in total. The van der Waals surface area contributed by atoms with Crippen molar-refractivity contribution in [1.29, 1.82) is 0 Å². The van der Waals surface area contributed by atoms with Gasteiger partial charge in [-0.05, 0) is 90.0 Å². The van der Waals surface area contributed by atoms with E-state index in [2.05, 4.69) is 158 Å². The van der Waals surface area contributed by atoms with Gasteiger partial charge in [-0.2, -0.15) is 0 Å². The van der Waals surface area contributed by atoms with E-state index in [0.717, 1.165) is 22.6 Å². The van der Waals surface area contributed by atoms with Crippen molar-refractivity contribution in [3.8, 4) is 56.0 Å². The average molecular weight is 583 g/mol. The van der Waals surface area contributed by atoms with Gasteiger partial charge in [0.2, 0.25) is 0 Å². The maximum atomic E-state index is 6.80. The lowest BCUT2D eigenvalue weighted by Crippen LogP contribution is -2.26. The van der Waals surface area contributed by atoms with Crippen LogP contribution < -0.4 is 4.74 Å². The second kappa shape index (κ2) is 8.62. The standard InChI is InChI=1S/C45H26O/c1-2-12-30-27(10-1)20-25-37-33-14-4-7-18-39(33)45(43(30)37)38-17-6-3-13-32(38)34-24-22-29(26-40(34)45)31-23-21-28-11-9-16-36-35-15-5-8-19-41(35)46-44(31)42(28)36/h1-26H. The number of hydrogen-bond donors (Lipinski definition) is 0. The smallest absolute Gasteiger partial charge is 0.143 e. The van der Waals surface area contributed by atoms with Crippen molar-refractivity contribution in [3.05, 3.63) is 180 Å². The van der Waals surface area contributed by atoms with E-state index in [1.54, 1.807) is 0 Å². The van der Waals surface area contributed by atoms with Gasteiger partial charge in [0.05, 0.1) is 5.41 Å². The average Bonchev–Trinajstić information content (AvgIpc) is 3.59. The van der Waals surface area contributed by atoms with Gasteiger partial charge in [0, 0.05) is 16.5 Å². The largest absolute Gasteiger partial charge is 0.455 e. The fourth-order valence-electron chi connectivity index (χ4n) is 8.88. The summed E-state index contributed by atoms with van der Waals surface area (Å²) in [5, 5.41) is 4.96. The molecule has 1 atom stereocenters. The molecule has 0 radical (unpaired) electrons. The Balaban J connectivity index is 1.25. The highest BCUT2D eigenvalue weighted by molar-refractivity contribution is 6.08.